The molecule has 2 aromatic rings. The number of H-pyrrole nitrogens is 1. The first kappa shape index (κ1) is 17.5. The maximum Gasteiger partial charge on any atom is 0.254 e. The fourth-order valence-electron chi connectivity index (χ4n) is 4.27. The van der Waals surface area contributed by atoms with Gasteiger partial charge in [0.1, 0.15) is 5.82 Å². The predicted molar refractivity (Wildman–Crippen MR) is 101 cm³/mol. The van der Waals surface area contributed by atoms with Crippen LogP contribution in [0.4, 0.5) is 5.69 Å². The molecule has 1 atom stereocenters. The molecule has 7 nitrogen and oxygen atoms in total. The van der Waals surface area contributed by atoms with E-state index < -0.39 is 5.41 Å². The Hall–Kier alpha value is -2.96. The Kier molecular flexibility index (Phi) is 4.09. The first-order valence-electron chi connectivity index (χ1n) is 9.16. The summed E-state index contributed by atoms with van der Waals surface area (Å²) in [5.41, 5.74) is 1.77. The van der Waals surface area contributed by atoms with Crippen LogP contribution in [0, 0.1) is 13.8 Å². The lowest BCUT2D eigenvalue weighted by Gasteiger charge is -2.39. The summed E-state index contributed by atoms with van der Waals surface area (Å²) in [5.74, 6) is 0.336. The Bertz CT molecular complexity index is 997. The minimum absolute atomic E-state index is 0.00616. The lowest BCUT2D eigenvalue weighted by Crippen LogP contribution is -2.52. The van der Waals surface area contributed by atoms with Crippen molar-refractivity contribution in [2.24, 2.45) is 0 Å². The van der Waals surface area contributed by atoms with E-state index in [0.29, 0.717) is 36.6 Å². The number of aromatic amines is 1. The Balaban J connectivity index is 1.60. The number of aromatic nitrogens is 2. The molecular weight excluding hydrogens is 344 g/mol. The lowest BCUT2D eigenvalue weighted by molar-refractivity contribution is -0.134. The van der Waals surface area contributed by atoms with Gasteiger partial charge in [-0.25, -0.2) is 4.98 Å². The van der Waals surface area contributed by atoms with Gasteiger partial charge in [-0.05, 0) is 38.3 Å². The third-order valence-electron chi connectivity index (χ3n) is 5.64. The molecule has 27 heavy (non-hydrogen) atoms. The van der Waals surface area contributed by atoms with E-state index in [2.05, 4.69) is 15.3 Å². The number of carbonyl (C=O) groups excluding carboxylic acids is 2. The normalized spacial score (nSPS) is 21.3. The van der Waals surface area contributed by atoms with Crippen molar-refractivity contribution in [1.82, 2.24) is 14.9 Å². The lowest BCUT2D eigenvalue weighted by atomic mass is 9.75. The molecule has 2 amide bonds. The van der Waals surface area contributed by atoms with E-state index in [0.717, 1.165) is 17.7 Å². The molecular formula is C20H22N4O3. The summed E-state index contributed by atoms with van der Waals surface area (Å²) >= 11 is 0. The molecule has 0 aliphatic carbocycles. The third kappa shape index (κ3) is 2.83. The van der Waals surface area contributed by atoms with Crippen LogP contribution in [0.15, 0.2) is 29.1 Å². The summed E-state index contributed by atoms with van der Waals surface area (Å²) in [4.78, 5) is 46.5. The zero-order chi connectivity index (χ0) is 19.2. The van der Waals surface area contributed by atoms with Crippen molar-refractivity contribution < 1.29 is 9.59 Å². The molecule has 0 unspecified atom stereocenters. The largest absolute Gasteiger partial charge is 0.341 e. The topological polar surface area (TPSA) is 95.2 Å². The van der Waals surface area contributed by atoms with Crippen LogP contribution in [0.5, 0.6) is 0 Å². The molecule has 7 heteroatoms. The van der Waals surface area contributed by atoms with Gasteiger partial charge in [-0.3, -0.25) is 14.4 Å². The number of nitrogens with one attached hydrogen (secondary N) is 2. The molecule has 0 bridgehead atoms. The van der Waals surface area contributed by atoms with Crippen LogP contribution in [0.1, 0.15) is 35.5 Å². The van der Waals surface area contributed by atoms with Gasteiger partial charge in [0.2, 0.25) is 11.8 Å². The van der Waals surface area contributed by atoms with E-state index in [4.69, 9.17) is 0 Å². The highest BCUT2D eigenvalue weighted by Gasteiger charge is 2.49. The van der Waals surface area contributed by atoms with Crippen molar-refractivity contribution >= 4 is 17.5 Å². The van der Waals surface area contributed by atoms with Gasteiger partial charge in [-0.15, -0.1) is 0 Å². The standard InChI is InChI=1S/C20H22N4O3/c1-12-14(18(26)22-13(2)21-12)10-17(25)24-9-5-8-20(11-24)15-6-3-4-7-16(15)23-19(20)27/h3-4,6-7H,5,8-11H2,1-2H3,(H,23,27)(H,21,22,26)/t20-/m0/s1. The van der Waals surface area contributed by atoms with Gasteiger partial charge in [0.15, 0.2) is 0 Å². The number of anilines is 1. The maximum atomic E-state index is 12.9. The van der Waals surface area contributed by atoms with Gasteiger partial charge < -0.3 is 15.2 Å². The highest BCUT2D eigenvalue weighted by molar-refractivity contribution is 6.06. The second-order valence-electron chi connectivity index (χ2n) is 7.39. The number of hydrogen-bond donors (Lipinski definition) is 2. The molecule has 1 saturated heterocycles. The summed E-state index contributed by atoms with van der Waals surface area (Å²) in [7, 11) is 0. The summed E-state index contributed by atoms with van der Waals surface area (Å²) in [6.45, 7) is 4.38. The maximum absolute atomic E-state index is 12.9. The Morgan fingerprint density at radius 3 is 2.81 bits per heavy atom. The number of carbonyl (C=O) groups is 2. The monoisotopic (exact) mass is 366 g/mol. The number of amides is 2. The molecule has 1 spiro atoms. The fourth-order valence-corrected chi connectivity index (χ4v) is 4.27. The number of piperidine rings is 1. The summed E-state index contributed by atoms with van der Waals surface area (Å²) in [5, 5.41) is 2.95. The van der Waals surface area contributed by atoms with E-state index >= 15 is 0 Å². The molecule has 1 fully saturated rings. The number of benzene rings is 1. The molecule has 1 aromatic heterocycles. The Morgan fingerprint density at radius 1 is 1.26 bits per heavy atom. The van der Waals surface area contributed by atoms with Gasteiger partial charge in [0, 0.05) is 30.0 Å². The van der Waals surface area contributed by atoms with Crippen molar-refractivity contribution in [2.45, 2.75) is 38.5 Å². The van der Waals surface area contributed by atoms with Crippen molar-refractivity contribution in [3.63, 3.8) is 0 Å². The number of rotatable bonds is 2. The van der Waals surface area contributed by atoms with Gasteiger partial charge in [-0.2, -0.15) is 0 Å². The first-order valence-corrected chi connectivity index (χ1v) is 9.16. The molecule has 140 valence electrons. The van der Waals surface area contributed by atoms with Crippen molar-refractivity contribution in [1.29, 1.82) is 0 Å². The molecule has 2 N–H and O–H groups in total. The van der Waals surface area contributed by atoms with Crippen LogP contribution in [-0.4, -0.2) is 39.8 Å². The van der Waals surface area contributed by atoms with E-state index in [1.165, 1.54) is 0 Å². The van der Waals surface area contributed by atoms with Gasteiger partial charge in [0.05, 0.1) is 11.8 Å². The van der Waals surface area contributed by atoms with Crippen molar-refractivity contribution in [2.75, 3.05) is 18.4 Å². The summed E-state index contributed by atoms with van der Waals surface area (Å²) < 4.78 is 0. The molecule has 0 saturated carbocycles. The quantitative estimate of drug-likeness (QED) is 0.841. The second-order valence-corrected chi connectivity index (χ2v) is 7.39. The van der Waals surface area contributed by atoms with Gasteiger partial charge in [0.25, 0.3) is 5.56 Å². The Morgan fingerprint density at radius 2 is 2.04 bits per heavy atom. The molecule has 2 aliphatic heterocycles. The SMILES string of the molecule is Cc1nc(C)c(CC(=O)N2CCC[C@@]3(C2)C(=O)Nc2ccccc23)c(=O)[nH]1. The highest BCUT2D eigenvalue weighted by atomic mass is 16.2. The average molecular weight is 366 g/mol. The molecule has 1 aromatic carbocycles. The number of nitrogens with zero attached hydrogens (tertiary/aromatic N) is 2. The van der Waals surface area contributed by atoms with Crippen LogP contribution in [-0.2, 0) is 21.4 Å². The highest BCUT2D eigenvalue weighted by Crippen LogP contribution is 2.43. The summed E-state index contributed by atoms with van der Waals surface area (Å²) in [6, 6.07) is 7.66. The number of aryl methyl sites for hydroxylation is 2. The summed E-state index contributed by atoms with van der Waals surface area (Å²) in [6.07, 6.45) is 1.45. The minimum atomic E-state index is -0.697. The van der Waals surface area contributed by atoms with Crippen LogP contribution < -0.4 is 10.9 Å². The number of likely N-dealkylation sites (tertiary alicyclic amines) is 1. The van der Waals surface area contributed by atoms with Crippen molar-refractivity contribution in [3.8, 4) is 0 Å². The second kappa shape index (κ2) is 6.33. The van der Waals surface area contributed by atoms with Crippen LogP contribution in [0.3, 0.4) is 0 Å². The molecule has 0 radical (unpaired) electrons. The third-order valence-corrected chi connectivity index (χ3v) is 5.64. The predicted octanol–water partition coefficient (Wildman–Crippen LogP) is 1.44. The number of para-hydroxylation sites is 1. The average Bonchev–Trinajstić information content (AvgIpc) is 2.90. The van der Waals surface area contributed by atoms with Crippen molar-refractivity contribution in [3.05, 3.63) is 57.3 Å². The first-order chi connectivity index (χ1) is 12.9. The molecule has 3 heterocycles. The fraction of sp³-hybridized carbons (Fsp3) is 0.400. The van der Waals surface area contributed by atoms with Gasteiger partial charge in [-0.1, -0.05) is 18.2 Å². The van der Waals surface area contributed by atoms with E-state index in [-0.39, 0.29) is 23.8 Å². The Labute approximate surface area is 156 Å². The number of fused-ring (bicyclic) bond motifs is 2. The van der Waals surface area contributed by atoms with Crippen LogP contribution in [0.2, 0.25) is 0 Å². The van der Waals surface area contributed by atoms with E-state index in [9.17, 15) is 14.4 Å². The van der Waals surface area contributed by atoms with Crippen LogP contribution >= 0.6 is 0 Å². The smallest absolute Gasteiger partial charge is 0.254 e. The number of hydrogen-bond acceptors (Lipinski definition) is 4. The van der Waals surface area contributed by atoms with E-state index in [1.54, 1.807) is 18.7 Å². The van der Waals surface area contributed by atoms with E-state index in [1.807, 2.05) is 24.3 Å². The molecule has 2 aliphatic rings. The molecule has 4 rings (SSSR count). The van der Waals surface area contributed by atoms with Crippen LogP contribution in [0.25, 0.3) is 0 Å². The van der Waals surface area contributed by atoms with Gasteiger partial charge >= 0.3 is 0 Å². The minimum Gasteiger partial charge on any atom is -0.341 e. The zero-order valence-corrected chi connectivity index (χ0v) is 15.5. The zero-order valence-electron chi connectivity index (χ0n) is 15.5.